The molecule has 0 bridgehead atoms. The molecular formula is H6F6O2Si. The van der Waals surface area contributed by atoms with Crippen LogP contribution in [-0.2, 0) is 0 Å². The van der Waals surface area contributed by atoms with Gasteiger partial charge >= 0.3 is 36.1 Å². The number of rotatable bonds is 0. The van der Waals surface area contributed by atoms with Gasteiger partial charge in [0, 0.05) is 0 Å². The summed E-state index contributed by atoms with van der Waals surface area (Å²) in [4.78, 5) is 0. The van der Waals surface area contributed by atoms with Crippen LogP contribution in [0.15, 0.2) is 0 Å². The summed E-state index contributed by atoms with van der Waals surface area (Å²) in [6.45, 7) is 0. The van der Waals surface area contributed by atoms with E-state index in [1.165, 1.54) is 0 Å². The van der Waals surface area contributed by atoms with Crippen molar-refractivity contribution in [3.05, 3.63) is 0 Å². The predicted molar refractivity (Wildman–Crippen MR) is 21.9 cm³/mol. The maximum Gasteiger partial charge on any atom is 1.00 e. The van der Waals surface area contributed by atoms with E-state index in [1.54, 1.807) is 0 Å². The zero-order chi connectivity index (χ0) is 6.41. The van der Waals surface area contributed by atoms with Crippen LogP contribution in [-0.4, -0.2) is 19.6 Å². The van der Waals surface area contributed by atoms with Gasteiger partial charge in [-0.15, -0.1) is 0 Å². The molecule has 0 aliphatic heterocycles. The van der Waals surface area contributed by atoms with Gasteiger partial charge in [0.15, 0.2) is 0 Å². The Morgan fingerprint density at radius 1 is 0.667 bits per heavy atom. The summed E-state index contributed by atoms with van der Waals surface area (Å²) in [5, 5.41) is 0. The van der Waals surface area contributed by atoms with Gasteiger partial charge in [-0.05, 0) is 0 Å². The van der Waals surface area contributed by atoms with E-state index in [1.807, 2.05) is 0 Å². The molecule has 0 saturated carbocycles. The Morgan fingerprint density at radius 2 is 0.667 bits per heavy atom. The molecule has 0 aromatic rings. The molecule has 0 fully saturated rings. The fourth-order valence-electron chi connectivity index (χ4n) is 0. The molecule has 0 aliphatic rings. The van der Waals surface area contributed by atoms with Crippen LogP contribution in [0.25, 0.3) is 0 Å². The Kier molecular flexibility index (Phi) is 2.84. The molecule has 0 unspecified atom stereocenters. The van der Waals surface area contributed by atoms with Crippen LogP contribution in [0.5, 0.6) is 0 Å². The second-order valence-electron chi connectivity index (χ2n) is 1.07. The van der Waals surface area contributed by atoms with Crippen molar-refractivity contribution in [2.75, 3.05) is 0 Å². The van der Waals surface area contributed by atoms with Crippen LogP contribution < -0.4 is 0 Å². The zero-order valence-electron chi connectivity index (χ0n) is 5.77. The van der Waals surface area contributed by atoms with E-state index in [-0.39, 0.29) is 13.8 Å². The second kappa shape index (κ2) is 1.61. The van der Waals surface area contributed by atoms with Crippen LogP contribution in [0, 0.1) is 0 Å². The number of hydrogen-bond acceptors (Lipinski definition) is 0. The van der Waals surface area contributed by atoms with Crippen LogP contribution in [0.4, 0.5) is 24.6 Å². The molecule has 9 heavy (non-hydrogen) atoms. The van der Waals surface area contributed by atoms with Gasteiger partial charge in [-0.1, -0.05) is 0 Å². The van der Waals surface area contributed by atoms with Gasteiger partial charge in [-0.2, -0.15) is 0 Å². The normalized spacial score (nSPS) is 18.0. The number of hydrogen-bond donors (Lipinski definition) is 0. The minimum absolute atomic E-state index is 0. The molecular weight excluding hydrogens is 174 g/mol. The van der Waals surface area contributed by atoms with Gasteiger partial charge < -0.3 is 11.0 Å². The predicted octanol–water partition coefficient (Wildman–Crippen LogP) is 0.716. The molecule has 0 radical (unpaired) electrons. The Bertz CT molecular complexity index is 77.1. The molecule has 0 spiro atoms. The number of halogens is 6. The van der Waals surface area contributed by atoms with Crippen molar-refractivity contribution in [2.45, 2.75) is 0 Å². The van der Waals surface area contributed by atoms with Crippen molar-refractivity contribution >= 4 is 8.63 Å². The fourth-order valence-corrected chi connectivity index (χ4v) is 0. The third kappa shape index (κ3) is 3150. The van der Waals surface area contributed by atoms with Crippen molar-refractivity contribution in [1.82, 2.24) is 0 Å². The first-order chi connectivity index (χ1) is 2.45. The summed E-state index contributed by atoms with van der Waals surface area (Å²) in [5.74, 6) is 0. The first kappa shape index (κ1) is 15.9. The van der Waals surface area contributed by atoms with Gasteiger partial charge in [-0.25, -0.2) is 0 Å². The molecule has 0 saturated heterocycles. The summed E-state index contributed by atoms with van der Waals surface area (Å²) in [7, 11) is -10.8. The summed E-state index contributed by atoms with van der Waals surface area (Å²) in [6, 6.07) is 0. The second-order valence-corrected chi connectivity index (χ2v) is 3.21. The molecule has 9 heteroatoms. The van der Waals surface area contributed by atoms with Crippen molar-refractivity contribution in [3.8, 4) is 0 Å². The molecule has 0 atom stereocenters. The average Bonchev–Trinajstić information content (AvgIpc) is 0.592. The molecule has 0 aromatic heterocycles. The molecule has 0 amide bonds. The van der Waals surface area contributed by atoms with Gasteiger partial charge in [-0.3, -0.25) is 0 Å². The Labute approximate surface area is 48.5 Å². The molecule has 64 valence electrons. The molecule has 0 aliphatic carbocycles. The average molecular weight is 180 g/mol. The zero-order valence-corrected chi connectivity index (χ0v) is 4.77. The minimum atomic E-state index is -10.8. The van der Waals surface area contributed by atoms with Crippen molar-refractivity contribution in [1.29, 1.82) is 0 Å². The largest absolute Gasteiger partial charge is 1.00 e. The molecule has 2 nitrogen and oxygen atoms in total. The first-order valence-electron chi connectivity index (χ1n) is 1.13. The van der Waals surface area contributed by atoms with Gasteiger partial charge in [0.2, 0.25) is 0 Å². The molecule has 0 heterocycles. The topological polar surface area (TPSA) is 63.0 Å². The Morgan fingerprint density at radius 3 is 0.667 bits per heavy atom. The van der Waals surface area contributed by atoms with E-state index >= 15 is 0 Å². The van der Waals surface area contributed by atoms with Crippen molar-refractivity contribution in [3.63, 3.8) is 0 Å². The molecule has 0 aromatic carbocycles. The monoisotopic (exact) mass is 180 g/mol. The smallest absolute Gasteiger partial charge is 0.412 e. The van der Waals surface area contributed by atoms with Crippen LogP contribution in [0.2, 0.25) is 0 Å². The molecule has 0 rings (SSSR count). The Hall–Kier alpha value is -0.283. The molecule has 4 N–H and O–H groups in total. The summed E-state index contributed by atoms with van der Waals surface area (Å²) >= 11 is 0. The quantitative estimate of drug-likeness (QED) is 0.299. The first-order valence-corrected chi connectivity index (χ1v) is 3.40. The van der Waals surface area contributed by atoms with Crippen LogP contribution in [0.1, 0.15) is 2.85 Å². The Balaban J connectivity index is -0.0000000300. The standard InChI is InChI=1S/F6Si.2H2O/c1-7(2,3,4,5)6;;/h;2*1H2/q-2;;/p+2. The van der Waals surface area contributed by atoms with Crippen LogP contribution in [0.3, 0.4) is 0 Å². The third-order valence-corrected chi connectivity index (χ3v) is 0. The van der Waals surface area contributed by atoms with Crippen molar-refractivity contribution in [2.24, 2.45) is 0 Å². The maximum absolute atomic E-state index is 10.8. The maximum atomic E-state index is 9.88. The van der Waals surface area contributed by atoms with E-state index in [9.17, 15) is 24.6 Å². The van der Waals surface area contributed by atoms with Crippen molar-refractivity contribution < 1.29 is 38.5 Å². The summed E-state index contributed by atoms with van der Waals surface area (Å²) in [6.07, 6.45) is 0. The van der Waals surface area contributed by atoms with E-state index in [2.05, 4.69) is 0 Å². The third-order valence-electron chi connectivity index (χ3n) is 0. The fraction of sp³-hybridized carbons (Fsp3) is 0. The van der Waals surface area contributed by atoms with E-state index < -0.39 is 8.63 Å². The van der Waals surface area contributed by atoms with Gasteiger partial charge in [0.1, 0.15) is 0 Å². The van der Waals surface area contributed by atoms with E-state index in [0.717, 1.165) is 0 Å². The van der Waals surface area contributed by atoms with Gasteiger partial charge in [0.05, 0.1) is 0 Å². The van der Waals surface area contributed by atoms with Gasteiger partial charge in [0.25, 0.3) is 0 Å². The SMILES string of the molecule is F[Si-2](F)(F)(F)(F)F.O.O.[H+].[H+]. The minimum Gasteiger partial charge on any atom is -0.412 e. The van der Waals surface area contributed by atoms with Crippen LogP contribution >= 0.6 is 0 Å². The summed E-state index contributed by atoms with van der Waals surface area (Å²) in [5.41, 5.74) is 0. The van der Waals surface area contributed by atoms with E-state index in [4.69, 9.17) is 0 Å². The van der Waals surface area contributed by atoms with E-state index in [0.29, 0.717) is 0 Å². The summed E-state index contributed by atoms with van der Waals surface area (Å²) < 4.78 is 59.3.